The van der Waals surface area contributed by atoms with Crippen molar-refractivity contribution in [1.82, 2.24) is 24.6 Å². The molecule has 0 N–H and O–H groups in total. The largest absolute Gasteiger partial charge is 0.340 e. The van der Waals surface area contributed by atoms with Crippen molar-refractivity contribution in [3.05, 3.63) is 47.5 Å². The molecule has 130 valence electrons. The summed E-state index contributed by atoms with van der Waals surface area (Å²) in [6, 6.07) is 3.79. The lowest BCUT2D eigenvalue weighted by molar-refractivity contribution is -0.128. The van der Waals surface area contributed by atoms with Crippen LogP contribution in [0.2, 0.25) is 0 Å². The van der Waals surface area contributed by atoms with Crippen LogP contribution >= 0.6 is 0 Å². The molecule has 2 amide bonds. The Morgan fingerprint density at radius 2 is 2.24 bits per heavy atom. The van der Waals surface area contributed by atoms with E-state index in [0.29, 0.717) is 31.6 Å². The molecular formula is C18H21N5O2. The van der Waals surface area contributed by atoms with Crippen molar-refractivity contribution < 1.29 is 9.59 Å². The molecule has 0 saturated carbocycles. The van der Waals surface area contributed by atoms with Crippen LogP contribution in [-0.4, -0.2) is 56.0 Å². The predicted molar refractivity (Wildman–Crippen MR) is 90.8 cm³/mol. The minimum absolute atomic E-state index is 0.0116. The Kier molecular flexibility index (Phi) is 3.99. The van der Waals surface area contributed by atoms with E-state index in [1.165, 1.54) is 0 Å². The van der Waals surface area contributed by atoms with E-state index < -0.39 is 0 Å². The lowest BCUT2D eigenvalue weighted by Crippen LogP contribution is -2.45. The van der Waals surface area contributed by atoms with Crippen molar-refractivity contribution in [1.29, 1.82) is 0 Å². The summed E-state index contributed by atoms with van der Waals surface area (Å²) in [5.74, 6) is 0.168. The predicted octanol–water partition coefficient (Wildman–Crippen LogP) is 1.41. The second-order valence-corrected chi connectivity index (χ2v) is 6.80. The topological polar surface area (TPSA) is 71.3 Å². The van der Waals surface area contributed by atoms with Gasteiger partial charge in [0.2, 0.25) is 5.91 Å². The van der Waals surface area contributed by atoms with Gasteiger partial charge in [0.1, 0.15) is 0 Å². The molecule has 2 aliphatic heterocycles. The molecule has 0 aromatic carbocycles. The van der Waals surface area contributed by atoms with Crippen LogP contribution in [0.1, 0.15) is 40.5 Å². The van der Waals surface area contributed by atoms with Gasteiger partial charge >= 0.3 is 0 Å². The molecule has 7 heteroatoms. The average molecular weight is 339 g/mol. The molecule has 1 fully saturated rings. The number of carbonyl (C=O) groups excluding carboxylic acids is 2. The lowest BCUT2D eigenvalue weighted by Gasteiger charge is -2.35. The number of aromatic nitrogens is 3. The Morgan fingerprint density at radius 3 is 3.00 bits per heavy atom. The molecule has 0 spiro atoms. The van der Waals surface area contributed by atoms with E-state index in [9.17, 15) is 9.59 Å². The van der Waals surface area contributed by atoms with Crippen molar-refractivity contribution in [3.8, 4) is 0 Å². The van der Waals surface area contributed by atoms with E-state index in [0.717, 1.165) is 24.2 Å². The van der Waals surface area contributed by atoms with Gasteiger partial charge in [0.25, 0.3) is 5.91 Å². The number of nitrogens with zero attached hydrogens (tertiary/aromatic N) is 5. The maximum Gasteiger partial charge on any atom is 0.255 e. The summed E-state index contributed by atoms with van der Waals surface area (Å²) in [5, 5.41) is 4.41. The van der Waals surface area contributed by atoms with Crippen LogP contribution < -0.4 is 0 Å². The third-order valence-electron chi connectivity index (χ3n) is 4.89. The highest BCUT2D eigenvalue weighted by Crippen LogP contribution is 2.24. The summed E-state index contributed by atoms with van der Waals surface area (Å²) in [5.41, 5.74) is 2.56. The normalized spacial score (nSPS) is 20.0. The van der Waals surface area contributed by atoms with Gasteiger partial charge in [0, 0.05) is 44.6 Å². The fourth-order valence-electron chi connectivity index (χ4n) is 3.68. The van der Waals surface area contributed by atoms with Gasteiger partial charge in [0.15, 0.2) is 0 Å². The molecule has 25 heavy (non-hydrogen) atoms. The fourth-order valence-corrected chi connectivity index (χ4v) is 3.68. The molecule has 1 unspecified atom stereocenters. The van der Waals surface area contributed by atoms with Gasteiger partial charge in [-0.2, -0.15) is 5.10 Å². The highest BCUT2D eigenvalue weighted by Gasteiger charge is 2.32. The van der Waals surface area contributed by atoms with Gasteiger partial charge in [-0.05, 0) is 31.0 Å². The molecule has 0 bridgehead atoms. The Balaban J connectivity index is 1.57. The van der Waals surface area contributed by atoms with E-state index in [1.807, 2.05) is 33.5 Å². The minimum Gasteiger partial charge on any atom is -0.340 e. The van der Waals surface area contributed by atoms with Crippen molar-refractivity contribution in [3.63, 3.8) is 0 Å². The van der Waals surface area contributed by atoms with Crippen molar-refractivity contribution in [2.24, 2.45) is 0 Å². The smallest absolute Gasteiger partial charge is 0.255 e. The molecule has 1 saturated heterocycles. The second kappa shape index (κ2) is 6.31. The van der Waals surface area contributed by atoms with E-state index in [1.54, 1.807) is 18.6 Å². The van der Waals surface area contributed by atoms with Crippen LogP contribution in [0, 0.1) is 6.92 Å². The molecule has 1 atom stereocenters. The van der Waals surface area contributed by atoms with Crippen LogP contribution in [0.25, 0.3) is 0 Å². The zero-order valence-electron chi connectivity index (χ0n) is 14.3. The third-order valence-corrected chi connectivity index (χ3v) is 4.89. The minimum atomic E-state index is -0.0265. The van der Waals surface area contributed by atoms with Crippen LogP contribution in [-0.2, 0) is 11.3 Å². The molecular weight excluding hydrogens is 318 g/mol. The number of pyridine rings is 1. The summed E-state index contributed by atoms with van der Waals surface area (Å²) < 4.78 is 1.96. The Bertz CT molecular complexity index is 815. The highest BCUT2D eigenvalue weighted by atomic mass is 16.2. The van der Waals surface area contributed by atoms with Gasteiger partial charge in [-0.25, -0.2) is 0 Å². The average Bonchev–Trinajstić information content (AvgIpc) is 3.23. The first kappa shape index (κ1) is 15.8. The number of amides is 2. The molecule has 0 aliphatic carbocycles. The van der Waals surface area contributed by atoms with Gasteiger partial charge in [-0.1, -0.05) is 0 Å². The molecule has 2 aromatic rings. The molecule has 7 nitrogen and oxygen atoms in total. The molecule has 2 aromatic heterocycles. The van der Waals surface area contributed by atoms with Crippen molar-refractivity contribution in [2.75, 3.05) is 19.6 Å². The Morgan fingerprint density at radius 1 is 1.36 bits per heavy atom. The number of rotatable bonds is 3. The first-order valence-electron chi connectivity index (χ1n) is 8.63. The van der Waals surface area contributed by atoms with Crippen molar-refractivity contribution in [2.45, 2.75) is 32.4 Å². The lowest BCUT2D eigenvalue weighted by atomic mass is 10.1. The number of hydrogen-bond donors (Lipinski definition) is 0. The first-order chi connectivity index (χ1) is 12.1. The van der Waals surface area contributed by atoms with Crippen molar-refractivity contribution >= 4 is 11.8 Å². The summed E-state index contributed by atoms with van der Waals surface area (Å²) >= 11 is 0. The van der Waals surface area contributed by atoms with E-state index >= 15 is 0 Å². The Hall–Kier alpha value is -2.70. The maximum absolute atomic E-state index is 12.9. The zero-order valence-corrected chi connectivity index (χ0v) is 14.3. The number of hydrogen-bond acceptors (Lipinski definition) is 4. The standard InChI is InChI=1S/C18H21N5O2/c1-13-7-14(9-19-8-13)18(25)22-10-15-4-5-20-23(15)16(12-22)11-21-6-2-3-17(21)24/h4-5,7-9,16H,2-3,6,10-12H2,1H3. The van der Waals surface area contributed by atoms with Gasteiger partial charge in [0.05, 0.1) is 23.8 Å². The Labute approximate surface area is 146 Å². The second-order valence-electron chi connectivity index (χ2n) is 6.80. The van der Waals surface area contributed by atoms with E-state index in [2.05, 4.69) is 10.1 Å². The monoisotopic (exact) mass is 339 g/mol. The summed E-state index contributed by atoms with van der Waals surface area (Å²) in [4.78, 5) is 32.7. The number of aryl methyl sites for hydroxylation is 1. The molecule has 4 heterocycles. The van der Waals surface area contributed by atoms with Gasteiger partial charge in [-0.3, -0.25) is 19.3 Å². The fraction of sp³-hybridized carbons (Fsp3) is 0.444. The van der Waals surface area contributed by atoms with Gasteiger partial charge < -0.3 is 9.80 Å². The van der Waals surface area contributed by atoms with Gasteiger partial charge in [-0.15, -0.1) is 0 Å². The molecule has 0 radical (unpaired) electrons. The van der Waals surface area contributed by atoms with Crippen LogP contribution in [0.4, 0.5) is 0 Å². The third kappa shape index (κ3) is 3.01. The number of likely N-dealkylation sites (tertiary alicyclic amines) is 1. The van der Waals surface area contributed by atoms with Crippen LogP contribution in [0.5, 0.6) is 0 Å². The molecule has 4 rings (SSSR count). The van der Waals surface area contributed by atoms with E-state index in [4.69, 9.17) is 0 Å². The highest BCUT2D eigenvalue weighted by molar-refractivity contribution is 5.94. The first-order valence-corrected chi connectivity index (χ1v) is 8.63. The summed E-state index contributed by atoms with van der Waals surface area (Å²) in [6.07, 6.45) is 6.64. The van der Waals surface area contributed by atoms with E-state index in [-0.39, 0.29) is 17.9 Å². The summed E-state index contributed by atoms with van der Waals surface area (Å²) in [6.45, 7) is 4.39. The van der Waals surface area contributed by atoms with Crippen LogP contribution in [0.15, 0.2) is 30.7 Å². The SMILES string of the molecule is Cc1cncc(C(=O)N2Cc3ccnn3C(CN3CCCC3=O)C2)c1. The zero-order chi connectivity index (χ0) is 17.4. The number of carbonyl (C=O) groups is 2. The summed E-state index contributed by atoms with van der Waals surface area (Å²) in [7, 11) is 0. The number of fused-ring (bicyclic) bond motifs is 1. The van der Waals surface area contributed by atoms with Crippen LogP contribution in [0.3, 0.4) is 0 Å². The maximum atomic E-state index is 12.9. The quantitative estimate of drug-likeness (QED) is 0.848. The molecule has 2 aliphatic rings.